The van der Waals surface area contributed by atoms with Crippen LogP contribution in [0.4, 0.5) is 0 Å². The molecule has 0 heterocycles. The van der Waals surface area contributed by atoms with Gasteiger partial charge in [0.1, 0.15) is 0 Å². The van der Waals surface area contributed by atoms with Crippen LogP contribution in [0.1, 0.15) is 12.5 Å². The molecule has 1 aromatic carbocycles. The first-order valence-corrected chi connectivity index (χ1v) is 6.02. The molecule has 0 aliphatic rings. The summed E-state index contributed by atoms with van der Waals surface area (Å²) in [6.45, 7) is 2.34. The smallest absolute Gasteiger partial charge is 0.195 e. The summed E-state index contributed by atoms with van der Waals surface area (Å²) in [6.07, 6.45) is 0.496. The summed E-state index contributed by atoms with van der Waals surface area (Å²) in [5, 5.41) is 0.694. The zero-order chi connectivity index (χ0) is 9.68. The van der Waals surface area contributed by atoms with E-state index in [0.717, 1.165) is 5.56 Å². The maximum absolute atomic E-state index is 11.2. The van der Waals surface area contributed by atoms with Gasteiger partial charge in [0.2, 0.25) is 0 Å². The Morgan fingerprint density at radius 2 is 2.00 bits per heavy atom. The van der Waals surface area contributed by atoms with Gasteiger partial charge in [-0.2, -0.15) is 0 Å². The van der Waals surface area contributed by atoms with Crippen LogP contribution < -0.4 is 0 Å². The third-order valence-corrected chi connectivity index (χ3v) is 3.13. The minimum atomic E-state index is -1.90. The van der Waals surface area contributed by atoms with Crippen molar-refractivity contribution in [3.05, 3.63) is 34.9 Å². The van der Waals surface area contributed by atoms with E-state index in [4.69, 9.17) is 16.1 Å². The molecule has 1 aromatic rings. The summed E-state index contributed by atoms with van der Waals surface area (Å²) < 4.78 is 16.2. The fourth-order valence-electron chi connectivity index (χ4n) is 0.981. The Labute approximate surface area is 83.7 Å². The summed E-state index contributed by atoms with van der Waals surface area (Å²) in [5.74, 6) is 0. The van der Waals surface area contributed by atoms with Crippen LogP contribution in [0.25, 0.3) is 0 Å². The van der Waals surface area contributed by atoms with Crippen LogP contribution in [-0.2, 0) is 15.3 Å². The van der Waals surface area contributed by atoms with Crippen molar-refractivity contribution in [2.75, 3.05) is 6.61 Å². The average molecular weight is 219 g/mol. The maximum atomic E-state index is 11.2. The van der Waals surface area contributed by atoms with E-state index >= 15 is 0 Å². The summed E-state index contributed by atoms with van der Waals surface area (Å²) >= 11 is 5.71. The predicted molar refractivity (Wildman–Crippen MR) is 55.8 cm³/mol. The lowest BCUT2D eigenvalue weighted by molar-refractivity contribution is 0.350. The van der Waals surface area contributed by atoms with Crippen molar-refractivity contribution in [3.8, 4) is 0 Å². The summed E-state index contributed by atoms with van der Waals surface area (Å²) in [5.41, 5.74) is 1.00. The lowest BCUT2D eigenvalue weighted by Crippen LogP contribution is -1.83. The van der Waals surface area contributed by atoms with E-state index in [2.05, 4.69) is 0 Å². The molecule has 1 atom stereocenters. The van der Waals surface area contributed by atoms with Gasteiger partial charge in [-0.25, -0.2) is 0 Å². The first kappa shape index (κ1) is 10.8. The normalized spacial score (nSPS) is 12.8. The fourth-order valence-corrected chi connectivity index (χ4v) is 2.10. The zero-order valence-corrected chi connectivity index (χ0v) is 9.17. The third kappa shape index (κ3) is 3.95. The largest absolute Gasteiger partial charge is 0.331 e. The highest BCUT2D eigenvalue weighted by molar-refractivity contribution is 7.38. The fraction of sp³-hybridized carbons (Fsp3) is 0.333. The van der Waals surface area contributed by atoms with Gasteiger partial charge in [0.15, 0.2) is 8.03 Å². The third-order valence-electron chi connectivity index (χ3n) is 1.57. The Balaban J connectivity index is 2.54. The standard InChI is InChI=1S/C9H12ClO2P/c1-2-12-13(11)7-8-3-5-9(10)6-4-8/h3-6,13H,2,7H2,1H3. The molecule has 0 aliphatic heterocycles. The second-order valence-electron chi connectivity index (χ2n) is 2.61. The minimum Gasteiger partial charge on any atom is -0.331 e. The Hall–Kier alpha value is -0.300. The van der Waals surface area contributed by atoms with Gasteiger partial charge in [0.05, 0.1) is 6.61 Å². The molecule has 0 spiro atoms. The van der Waals surface area contributed by atoms with E-state index in [-0.39, 0.29) is 0 Å². The van der Waals surface area contributed by atoms with Crippen molar-refractivity contribution in [3.63, 3.8) is 0 Å². The van der Waals surface area contributed by atoms with Crippen LogP contribution in [0.2, 0.25) is 5.02 Å². The minimum absolute atomic E-state index is 0.496. The van der Waals surface area contributed by atoms with Gasteiger partial charge in [-0.15, -0.1) is 0 Å². The van der Waals surface area contributed by atoms with Gasteiger partial charge in [-0.1, -0.05) is 23.7 Å². The summed E-state index contributed by atoms with van der Waals surface area (Å²) in [7, 11) is -1.90. The molecule has 1 rings (SSSR count). The molecule has 0 aliphatic carbocycles. The molecule has 0 fully saturated rings. The van der Waals surface area contributed by atoms with Gasteiger partial charge in [-0.3, -0.25) is 4.57 Å². The van der Waals surface area contributed by atoms with Crippen molar-refractivity contribution in [1.82, 2.24) is 0 Å². The van der Waals surface area contributed by atoms with E-state index < -0.39 is 8.03 Å². The number of benzene rings is 1. The topological polar surface area (TPSA) is 26.3 Å². The Morgan fingerprint density at radius 3 is 2.54 bits per heavy atom. The molecule has 13 heavy (non-hydrogen) atoms. The quantitative estimate of drug-likeness (QED) is 0.725. The molecule has 1 unspecified atom stereocenters. The molecule has 0 radical (unpaired) electrons. The highest BCUT2D eigenvalue weighted by Gasteiger charge is 2.00. The van der Waals surface area contributed by atoms with Crippen LogP contribution in [0.5, 0.6) is 0 Å². The van der Waals surface area contributed by atoms with Crippen molar-refractivity contribution < 1.29 is 9.09 Å². The van der Waals surface area contributed by atoms with E-state index in [1.807, 2.05) is 19.1 Å². The molecule has 0 aromatic heterocycles. The molecule has 0 saturated heterocycles. The Kier molecular flexibility index (Phi) is 4.51. The van der Waals surface area contributed by atoms with Crippen LogP contribution in [0.15, 0.2) is 24.3 Å². The van der Waals surface area contributed by atoms with Gasteiger partial charge in [0.25, 0.3) is 0 Å². The van der Waals surface area contributed by atoms with E-state index in [1.165, 1.54) is 0 Å². The van der Waals surface area contributed by atoms with E-state index in [9.17, 15) is 4.57 Å². The zero-order valence-electron chi connectivity index (χ0n) is 7.42. The van der Waals surface area contributed by atoms with Crippen LogP contribution in [-0.4, -0.2) is 6.61 Å². The second-order valence-corrected chi connectivity index (χ2v) is 4.43. The molecule has 0 amide bonds. The van der Waals surface area contributed by atoms with Crippen LogP contribution in [0.3, 0.4) is 0 Å². The second kappa shape index (κ2) is 5.43. The van der Waals surface area contributed by atoms with Crippen molar-refractivity contribution in [1.29, 1.82) is 0 Å². The van der Waals surface area contributed by atoms with Crippen molar-refractivity contribution >= 4 is 19.6 Å². The summed E-state index contributed by atoms with van der Waals surface area (Å²) in [4.78, 5) is 0. The SMILES string of the molecule is CCO[PH](=O)Cc1ccc(Cl)cc1. The molecular weight excluding hydrogens is 207 g/mol. The van der Waals surface area contributed by atoms with Gasteiger partial charge >= 0.3 is 0 Å². The molecular formula is C9H12ClO2P. The molecule has 4 heteroatoms. The highest BCUT2D eigenvalue weighted by atomic mass is 35.5. The van der Waals surface area contributed by atoms with Gasteiger partial charge < -0.3 is 4.52 Å². The molecule has 0 N–H and O–H groups in total. The lowest BCUT2D eigenvalue weighted by Gasteiger charge is -2.01. The van der Waals surface area contributed by atoms with Crippen molar-refractivity contribution in [2.45, 2.75) is 13.1 Å². The summed E-state index contributed by atoms with van der Waals surface area (Å²) in [6, 6.07) is 7.31. The predicted octanol–water partition coefficient (Wildman–Crippen LogP) is 3.35. The molecule has 2 nitrogen and oxygen atoms in total. The van der Waals surface area contributed by atoms with Gasteiger partial charge in [-0.05, 0) is 24.6 Å². The first-order valence-electron chi connectivity index (χ1n) is 4.12. The van der Waals surface area contributed by atoms with Gasteiger partial charge in [0, 0.05) is 11.2 Å². The molecule has 0 bridgehead atoms. The first-order chi connectivity index (χ1) is 6.22. The number of halogens is 1. The molecule has 0 saturated carbocycles. The number of rotatable bonds is 4. The number of hydrogen-bond acceptors (Lipinski definition) is 2. The van der Waals surface area contributed by atoms with Crippen LogP contribution >= 0.6 is 19.6 Å². The molecule has 72 valence electrons. The maximum Gasteiger partial charge on any atom is 0.195 e. The average Bonchev–Trinajstić information content (AvgIpc) is 2.09. The van der Waals surface area contributed by atoms with Crippen molar-refractivity contribution in [2.24, 2.45) is 0 Å². The Bertz CT molecular complexity index is 284. The highest BCUT2D eigenvalue weighted by Crippen LogP contribution is 2.28. The van der Waals surface area contributed by atoms with E-state index in [0.29, 0.717) is 17.8 Å². The Morgan fingerprint density at radius 1 is 1.38 bits per heavy atom. The number of hydrogen-bond donors (Lipinski definition) is 0. The monoisotopic (exact) mass is 218 g/mol. The lowest BCUT2D eigenvalue weighted by atomic mass is 10.2. The van der Waals surface area contributed by atoms with E-state index in [1.54, 1.807) is 12.1 Å². The van der Waals surface area contributed by atoms with Crippen LogP contribution in [0, 0.1) is 0 Å².